The molecule has 1 rings (SSSR count). The fourth-order valence-corrected chi connectivity index (χ4v) is 2.23. The second-order valence-electron chi connectivity index (χ2n) is 1.84. The third-order valence-electron chi connectivity index (χ3n) is 1.09. The summed E-state index contributed by atoms with van der Waals surface area (Å²) < 4.78 is 6.62. The Labute approximate surface area is 73.1 Å². The van der Waals surface area contributed by atoms with Crippen LogP contribution in [-0.4, -0.2) is 27.9 Å². The summed E-state index contributed by atoms with van der Waals surface area (Å²) in [5.41, 5.74) is 0. The van der Waals surface area contributed by atoms with Gasteiger partial charge in [-0.2, -0.15) is 4.40 Å². The van der Waals surface area contributed by atoms with Crippen LogP contribution in [0.4, 0.5) is 0 Å². The summed E-state index contributed by atoms with van der Waals surface area (Å²) in [6, 6.07) is -0.607. The number of aliphatic carboxylic acids is 1. The molecule has 0 aromatic heterocycles. The number of nitrogens with one attached hydrogen (secondary N) is 1. The second-order valence-corrected chi connectivity index (χ2v) is 3.73. The van der Waals surface area contributed by atoms with Gasteiger partial charge in [-0.15, -0.1) is 11.8 Å². The molecule has 0 radical (unpaired) electrons. The van der Waals surface area contributed by atoms with Gasteiger partial charge in [0.2, 0.25) is 0 Å². The maximum absolute atomic E-state index is 10.5. The van der Waals surface area contributed by atoms with Gasteiger partial charge < -0.3 is 5.11 Å². The monoisotopic (exact) mass is 192 g/mol. The van der Waals surface area contributed by atoms with Crippen LogP contribution in [0.3, 0.4) is 0 Å². The molecule has 0 spiro atoms. The van der Waals surface area contributed by atoms with Gasteiger partial charge in [-0.1, -0.05) is 6.92 Å². The number of carboxylic acid groups (broad SMARTS) is 1. The van der Waals surface area contributed by atoms with E-state index in [0.717, 1.165) is 17.9 Å². The number of carboxylic acids is 1. The molecule has 6 heteroatoms. The highest BCUT2D eigenvalue weighted by Crippen LogP contribution is 2.19. The Kier molecular flexibility index (Phi) is 3.22. The van der Waals surface area contributed by atoms with Gasteiger partial charge in [0.05, 0.1) is 12.1 Å². The van der Waals surface area contributed by atoms with E-state index in [1.54, 1.807) is 0 Å². The zero-order valence-electron chi connectivity index (χ0n) is 5.90. The Morgan fingerprint density at radius 3 is 3.27 bits per heavy atom. The van der Waals surface area contributed by atoms with E-state index in [1.807, 2.05) is 6.92 Å². The van der Waals surface area contributed by atoms with Crippen molar-refractivity contribution in [2.75, 3.05) is 5.75 Å². The van der Waals surface area contributed by atoms with Gasteiger partial charge >= 0.3 is 5.97 Å². The smallest absolute Gasteiger partial charge is 0.328 e. The second kappa shape index (κ2) is 3.99. The quantitative estimate of drug-likeness (QED) is 0.632. The van der Waals surface area contributed by atoms with Crippen LogP contribution in [0.5, 0.6) is 0 Å². The molecule has 0 aromatic carbocycles. The number of nitrogens with zero attached hydrogens (tertiary/aromatic N) is 1. The lowest BCUT2D eigenvalue weighted by atomic mass is 10.3. The van der Waals surface area contributed by atoms with E-state index in [0.29, 0.717) is 5.04 Å². The van der Waals surface area contributed by atoms with E-state index in [2.05, 4.69) is 9.12 Å². The first kappa shape index (κ1) is 8.89. The molecule has 11 heavy (non-hydrogen) atoms. The third-order valence-corrected chi connectivity index (χ3v) is 2.75. The first-order valence-electron chi connectivity index (χ1n) is 3.10. The van der Waals surface area contributed by atoms with Gasteiger partial charge in [0.15, 0.2) is 6.04 Å². The van der Waals surface area contributed by atoms with Crippen molar-refractivity contribution in [3.8, 4) is 0 Å². The number of carbonyl (C=O) groups is 1. The van der Waals surface area contributed by atoms with E-state index < -0.39 is 12.0 Å². The lowest BCUT2D eigenvalue weighted by molar-refractivity contribution is -0.137. The minimum Gasteiger partial charge on any atom is -0.480 e. The molecule has 1 aliphatic heterocycles. The Morgan fingerprint density at radius 2 is 2.73 bits per heavy atom. The molecule has 0 aliphatic carbocycles. The molecular formula is C5H8N2O2S2. The Hall–Kier alpha value is -0.200. The molecule has 0 saturated carbocycles. The number of rotatable bonds is 2. The summed E-state index contributed by atoms with van der Waals surface area (Å²) in [6.07, 6.45) is 0. The van der Waals surface area contributed by atoms with Crippen LogP contribution >= 0.6 is 23.9 Å². The zero-order valence-corrected chi connectivity index (χ0v) is 7.54. The van der Waals surface area contributed by atoms with E-state index in [1.165, 1.54) is 11.8 Å². The molecule has 0 bridgehead atoms. The molecule has 1 aliphatic rings. The first-order valence-corrected chi connectivity index (χ1v) is 4.86. The normalized spacial score (nSPS) is 23.4. The molecule has 0 fully saturated rings. The fourth-order valence-electron chi connectivity index (χ4n) is 0.641. The third kappa shape index (κ3) is 2.11. The van der Waals surface area contributed by atoms with E-state index in [4.69, 9.17) is 5.11 Å². The summed E-state index contributed by atoms with van der Waals surface area (Å²) in [6.45, 7) is 1.97. The van der Waals surface area contributed by atoms with Crippen LogP contribution in [0.2, 0.25) is 0 Å². The fraction of sp³-hybridized carbons (Fsp3) is 0.600. The predicted molar refractivity (Wildman–Crippen MR) is 47.7 cm³/mol. The van der Waals surface area contributed by atoms with E-state index >= 15 is 0 Å². The summed E-state index contributed by atoms with van der Waals surface area (Å²) in [5.74, 6) is -0.0140. The largest absolute Gasteiger partial charge is 0.480 e. The highest BCUT2D eigenvalue weighted by atomic mass is 32.2. The molecule has 62 valence electrons. The highest BCUT2D eigenvalue weighted by Gasteiger charge is 2.28. The Balaban J connectivity index is 2.55. The lowest BCUT2D eigenvalue weighted by Gasteiger charge is -2.04. The molecule has 1 heterocycles. The van der Waals surface area contributed by atoms with Crippen LogP contribution in [0, 0.1) is 0 Å². The van der Waals surface area contributed by atoms with Gasteiger partial charge in [-0.3, -0.25) is 4.79 Å². The average molecular weight is 192 g/mol. The molecule has 0 amide bonds. The average Bonchev–Trinajstić information content (AvgIpc) is 2.36. The highest BCUT2D eigenvalue weighted by molar-refractivity contribution is 8.15. The van der Waals surface area contributed by atoms with Gasteiger partial charge in [0, 0.05) is 0 Å². The molecule has 4 nitrogen and oxygen atoms in total. The minimum absolute atomic E-state index is 0.607. The molecule has 1 atom stereocenters. The summed E-state index contributed by atoms with van der Waals surface area (Å²) in [5, 5.41) is 9.30. The maximum Gasteiger partial charge on any atom is 0.328 e. The number of hydrogen-bond donors (Lipinski definition) is 2. The predicted octanol–water partition coefficient (Wildman–Crippen LogP) is 0.758. The van der Waals surface area contributed by atoms with Crippen molar-refractivity contribution < 1.29 is 9.90 Å². The van der Waals surface area contributed by atoms with Crippen LogP contribution in [0.15, 0.2) is 4.40 Å². The van der Waals surface area contributed by atoms with Gasteiger partial charge in [0.1, 0.15) is 5.04 Å². The van der Waals surface area contributed by atoms with Crippen molar-refractivity contribution in [2.24, 2.45) is 4.40 Å². The Morgan fingerprint density at radius 1 is 2.00 bits per heavy atom. The maximum atomic E-state index is 10.5. The first-order chi connectivity index (χ1) is 5.25. The molecule has 0 aromatic rings. The summed E-state index contributed by atoms with van der Waals surface area (Å²) >= 11 is 2.56. The molecule has 0 saturated heterocycles. The van der Waals surface area contributed by atoms with Gasteiger partial charge in [-0.25, -0.2) is 4.72 Å². The van der Waals surface area contributed by atoms with E-state index in [-0.39, 0.29) is 0 Å². The van der Waals surface area contributed by atoms with Crippen LogP contribution in [0.1, 0.15) is 6.92 Å². The van der Waals surface area contributed by atoms with Crippen molar-refractivity contribution in [1.82, 2.24) is 4.72 Å². The van der Waals surface area contributed by atoms with Crippen LogP contribution in [-0.2, 0) is 4.79 Å². The van der Waals surface area contributed by atoms with Crippen molar-refractivity contribution in [1.29, 1.82) is 0 Å². The topological polar surface area (TPSA) is 61.7 Å². The van der Waals surface area contributed by atoms with Crippen LogP contribution < -0.4 is 4.72 Å². The van der Waals surface area contributed by atoms with E-state index in [9.17, 15) is 4.79 Å². The summed E-state index contributed by atoms with van der Waals surface area (Å²) in [4.78, 5) is 10.5. The molecule has 2 N–H and O–H groups in total. The van der Waals surface area contributed by atoms with Crippen molar-refractivity contribution in [3.05, 3.63) is 0 Å². The van der Waals surface area contributed by atoms with Crippen molar-refractivity contribution in [2.45, 2.75) is 13.0 Å². The van der Waals surface area contributed by atoms with Crippen molar-refractivity contribution in [3.63, 3.8) is 0 Å². The zero-order chi connectivity index (χ0) is 8.27. The van der Waals surface area contributed by atoms with Gasteiger partial charge in [-0.05, 0) is 5.75 Å². The van der Waals surface area contributed by atoms with Gasteiger partial charge in [0.25, 0.3) is 0 Å². The molecular weight excluding hydrogens is 184 g/mol. The number of thioether (sulfide) groups is 1. The summed E-state index contributed by atoms with van der Waals surface area (Å²) in [7, 11) is 0. The SMILES string of the molecule is CCSC1=NSNC1C(=O)O. The Bertz CT molecular complexity index is 195. The van der Waals surface area contributed by atoms with Crippen molar-refractivity contribution >= 4 is 34.9 Å². The molecule has 1 unspecified atom stereocenters. The number of hydrogen-bond acceptors (Lipinski definition) is 5. The van der Waals surface area contributed by atoms with Crippen LogP contribution in [0.25, 0.3) is 0 Å². The lowest BCUT2D eigenvalue weighted by Crippen LogP contribution is -2.34. The standard InChI is InChI=1S/C5H8N2O2S2/c1-2-10-4-3(5(8)9)6-11-7-4/h3,6H,2H2,1H3,(H,8,9). The minimum atomic E-state index is -0.866.